The first kappa shape index (κ1) is 18.7. The van der Waals surface area contributed by atoms with Gasteiger partial charge in [0.15, 0.2) is 11.5 Å². The zero-order valence-electron chi connectivity index (χ0n) is 15.9. The van der Waals surface area contributed by atoms with Crippen LogP contribution >= 0.6 is 0 Å². The molecule has 142 valence electrons. The third kappa shape index (κ3) is 4.36. The molecule has 0 saturated carbocycles. The van der Waals surface area contributed by atoms with E-state index in [1.54, 1.807) is 7.11 Å². The van der Waals surface area contributed by atoms with E-state index in [0.717, 1.165) is 31.0 Å². The number of rotatable bonds is 6. The third-order valence-electron chi connectivity index (χ3n) is 5.09. The van der Waals surface area contributed by atoms with Gasteiger partial charge in [0.2, 0.25) is 11.8 Å². The number of methoxy groups -OCH3 is 1. The molecule has 6 nitrogen and oxygen atoms in total. The molecule has 2 aliphatic rings. The maximum Gasteiger partial charge on any atom is 0.229 e. The van der Waals surface area contributed by atoms with Crippen LogP contribution in [-0.4, -0.2) is 61.0 Å². The molecule has 1 atom stereocenters. The molecule has 0 spiro atoms. The van der Waals surface area contributed by atoms with E-state index in [2.05, 4.69) is 4.90 Å². The summed E-state index contributed by atoms with van der Waals surface area (Å²) in [6.45, 7) is 6.81. The molecule has 1 unspecified atom stereocenters. The van der Waals surface area contributed by atoms with Gasteiger partial charge >= 0.3 is 0 Å². The summed E-state index contributed by atoms with van der Waals surface area (Å²) in [6, 6.07) is 7.64. The largest absolute Gasteiger partial charge is 0.493 e. The van der Waals surface area contributed by atoms with Gasteiger partial charge in [-0.15, -0.1) is 0 Å². The Balaban J connectivity index is 1.49. The van der Waals surface area contributed by atoms with Crippen molar-refractivity contribution in [1.82, 2.24) is 9.80 Å². The zero-order valence-corrected chi connectivity index (χ0v) is 15.9. The number of imide groups is 1. The molecule has 2 saturated heterocycles. The predicted octanol–water partition coefficient (Wildman–Crippen LogP) is 2.32. The second-order valence-corrected chi connectivity index (χ2v) is 7.94. The summed E-state index contributed by atoms with van der Waals surface area (Å²) in [5, 5.41) is 0. The second kappa shape index (κ2) is 7.66. The van der Waals surface area contributed by atoms with Crippen molar-refractivity contribution in [2.45, 2.75) is 39.2 Å². The summed E-state index contributed by atoms with van der Waals surface area (Å²) in [7, 11) is 1.64. The van der Waals surface area contributed by atoms with Gasteiger partial charge in [0.05, 0.1) is 7.11 Å². The highest BCUT2D eigenvalue weighted by molar-refractivity contribution is 5.98. The van der Waals surface area contributed by atoms with Crippen LogP contribution < -0.4 is 9.47 Å². The Bertz CT molecular complexity index is 654. The minimum Gasteiger partial charge on any atom is -0.493 e. The minimum absolute atomic E-state index is 0.0488. The Morgan fingerprint density at radius 2 is 1.73 bits per heavy atom. The molecular weight excluding hydrogens is 332 g/mol. The van der Waals surface area contributed by atoms with Crippen molar-refractivity contribution in [3.63, 3.8) is 0 Å². The van der Waals surface area contributed by atoms with E-state index in [0.29, 0.717) is 25.9 Å². The van der Waals surface area contributed by atoms with Crippen molar-refractivity contribution in [3.8, 4) is 11.5 Å². The van der Waals surface area contributed by atoms with Crippen LogP contribution in [0.2, 0.25) is 0 Å². The Labute approximate surface area is 155 Å². The van der Waals surface area contributed by atoms with Crippen molar-refractivity contribution in [1.29, 1.82) is 0 Å². The SMILES string of the molecule is COc1ccccc1OC1CCN(CCN2C(=O)CC(C)(C)CC2=O)C1. The van der Waals surface area contributed by atoms with Gasteiger partial charge in [0.1, 0.15) is 6.10 Å². The van der Waals surface area contributed by atoms with Crippen LogP contribution in [-0.2, 0) is 9.59 Å². The van der Waals surface area contributed by atoms with E-state index in [-0.39, 0.29) is 23.3 Å². The minimum atomic E-state index is -0.216. The highest BCUT2D eigenvalue weighted by Gasteiger charge is 2.37. The number of para-hydroxylation sites is 2. The van der Waals surface area contributed by atoms with Gasteiger partial charge in [0, 0.05) is 39.0 Å². The van der Waals surface area contributed by atoms with Crippen molar-refractivity contribution >= 4 is 11.8 Å². The summed E-state index contributed by atoms with van der Waals surface area (Å²) in [4.78, 5) is 28.2. The normalized spacial score (nSPS) is 23.3. The molecule has 0 N–H and O–H groups in total. The molecule has 2 heterocycles. The Hall–Kier alpha value is -2.08. The molecule has 1 aromatic carbocycles. The van der Waals surface area contributed by atoms with Gasteiger partial charge in [-0.1, -0.05) is 26.0 Å². The van der Waals surface area contributed by atoms with E-state index in [1.165, 1.54) is 4.90 Å². The first-order chi connectivity index (χ1) is 12.4. The fourth-order valence-electron chi connectivity index (χ4n) is 3.69. The molecule has 2 amide bonds. The first-order valence-corrected chi connectivity index (χ1v) is 9.23. The zero-order chi connectivity index (χ0) is 18.7. The summed E-state index contributed by atoms with van der Waals surface area (Å²) >= 11 is 0. The van der Waals surface area contributed by atoms with Crippen LogP contribution in [0.4, 0.5) is 0 Å². The van der Waals surface area contributed by atoms with E-state index in [9.17, 15) is 9.59 Å². The lowest BCUT2D eigenvalue weighted by atomic mass is 9.82. The van der Waals surface area contributed by atoms with Gasteiger partial charge in [-0.05, 0) is 24.0 Å². The summed E-state index contributed by atoms with van der Waals surface area (Å²) in [6.07, 6.45) is 1.90. The lowest BCUT2D eigenvalue weighted by Crippen LogP contribution is -2.48. The van der Waals surface area contributed by atoms with Crippen molar-refractivity contribution in [2.24, 2.45) is 5.41 Å². The molecule has 2 aliphatic heterocycles. The molecule has 0 aliphatic carbocycles. The molecule has 0 aromatic heterocycles. The van der Waals surface area contributed by atoms with Crippen LogP contribution in [0.5, 0.6) is 11.5 Å². The number of nitrogens with zero attached hydrogens (tertiary/aromatic N) is 2. The molecule has 1 aromatic rings. The molecule has 0 bridgehead atoms. The van der Waals surface area contributed by atoms with Gasteiger partial charge < -0.3 is 9.47 Å². The molecule has 26 heavy (non-hydrogen) atoms. The Kier molecular flexibility index (Phi) is 5.51. The fourth-order valence-corrected chi connectivity index (χ4v) is 3.69. The standard InChI is InChI=1S/C20H28N2O4/c1-20(2)12-18(23)22(19(24)13-20)11-10-21-9-8-15(14-21)26-17-7-5-4-6-16(17)25-3/h4-7,15H,8-14H2,1-3H3. The average Bonchev–Trinajstić information content (AvgIpc) is 3.01. The molecule has 3 rings (SSSR count). The highest BCUT2D eigenvalue weighted by Crippen LogP contribution is 2.32. The average molecular weight is 360 g/mol. The number of carbonyl (C=O) groups excluding carboxylic acids is 2. The topological polar surface area (TPSA) is 59.1 Å². The first-order valence-electron chi connectivity index (χ1n) is 9.23. The van der Waals surface area contributed by atoms with E-state index < -0.39 is 0 Å². The molecule has 0 radical (unpaired) electrons. The second-order valence-electron chi connectivity index (χ2n) is 7.94. The van der Waals surface area contributed by atoms with Crippen molar-refractivity contribution in [3.05, 3.63) is 24.3 Å². The van der Waals surface area contributed by atoms with Gasteiger partial charge in [-0.3, -0.25) is 19.4 Å². The number of benzene rings is 1. The van der Waals surface area contributed by atoms with Crippen LogP contribution in [0.1, 0.15) is 33.1 Å². The van der Waals surface area contributed by atoms with Gasteiger partial charge in [0.25, 0.3) is 0 Å². The molecular formula is C20H28N2O4. The maximum atomic E-state index is 12.2. The molecule has 2 fully saturated rings. The number of hydrogen-bond donors (Lipinski definition) is 0. The van der Waals surface area contributed by atoms with Crippen LogP contribution in [0.3, 0.4) is 0 Å². The number of hydrogen-bond acceptors (Lipinski definition) is 5. The lowest BCUT2D eigenvalue weighted by Gasteiger charge is -2.35. The third-order valence-corrected chi connectivity index (χ3v) is 5.09. The number of amides is 2. The lowest BCUT2D eigenvalue weighted by molar-refractivity contribution is -0.152. The Morgan fingerprint density at radius 3 is 2.38 bits per heavy atom. The van der Waals surface area contributed by atoms with Gasteiger partial charge in [-0.25, -0.2) is 0 Å². The monoisotopic (exact) mass is 360 g/mol. The number of piperidine rings is 1. The number of ether oxygens (including phenoxy) is 2. The summed E-state index contributed by atoms with van der Waals surface area (Å²) in [5.74, 6) is 1.39. The summed E-state index contributed by atoms with van der Waals surface area (Å²) < 4.78 is 11.4. The van der Waals surface area contributed by atoms with E-state index in [4.69, 9.17) is 9.47 Å². The summed E-state index contributed by atoms with van der Waals surface area (Å²) in [5.41, 5.74) is -0.216. The van der Waals surface area contributed by atoms with Crippen LogP contribution in [0, 0.1) is 5.41 Å². The van der Waals surface area contributed by atoms with E-state index in [1.807, 2.05) is 38.1 Å². The molecule has 6 heteroatoms. The predicted molar refractivity (Wildman–Crippen MR) is 98.2 cm³/mol. The highest BCUT2D eigenvalue weighted by atomic mass is 16.5. The fraction of sp³-hybridized carbons (Fsp3) is 0.600. The van der Waals surface area contributed by atoms with Gasteiger partial charge in [-0.2, -0.15) is 0 Å². The van der Waals surface area contributed by atoms with E-state index >= 15 is 0 Å². The van der Waals surface area contributed by atoms with Crippen molar-refractivity contribution in [2.75, 3.05) is 33.3 Å². The quantitative estimate of drug-likeness (QED) is 0.729. The number of carbonyl (C=O) groups is 2. The van der Waals surface area contributed by atoms with Crippen LogP contribution in [0.25, 0.3) is 0 Å². The van der Waals surface area contributed by atoms with Crippen LogP contribution in [0.15, 0.2) is 24.3 Å². The van der Waals surface area contributed by atoms with Crippen molar-refractivity contribution < 1.29 is 19.1 Å². The Morgan fingerprint density at radius 1 is 1.08 bits per heavy atom. The number of likely N-dealkylation sites (tertiary alicyclic amines) is 2. The maximum absolute atomic E-state index is 12.2. The smallest absolute Gasteiger partial charge is 0.229 e.